The lowest BCUT2D eigenvalue weighted by atomic mass is 10.1. The zero-order valence-corrected chi connectivity index (χ0v) is 21.2. The molecular formula is C29H36ClNO3. The van der Waals surface area contributed by atoms with E-state index in [2.05, 4.69) is 18.8 Å². The van der Waals surface area contributed by atoms with Gasteiger partial charge < -0.3 is 9.64 Å². The molecule has 0 unspecified atom stereocenters. The van der Waals surface area contributed by atoms with E-state index in [0.717, 1.165) is 29.5 Å². The highest BCUT2D eigenvalue weighted by Crippen LogP contribution is 2.14. The highest BCUT2D eigenvalue weighted by atomic mass is 35.5. The van der Waals surface area contributed by atoms with Crippen molar-refractivity contribution in [3.63, 3.8) is 0 Å². The molecule has 0 aliphatic carbocycles. The molecule has 0 bridgehead atoms. The SMILES string of the molecule is CCCCCCCCC#Cc1ccc(CN(CCc2cccc(Cl)c2)C(=O)C(=O)OCC)cc1. The largest absolute Gasteiger partial charge is 0.459 e. The number of esters is 1. The predicted molar refractivity (Wildman–Crippen MR) is 139 cm³/mol. The molecule has 0 aliphatic heterocycles. The Morgan fingerprint density at radius 1 is 0.941 bits per heavy atom. The topological polar surface area (TPSA) is 46.6 Å². The normalized spacial score (nSPS) is 10.3. The van der Waals surface area contributed by atoms with Crippen molar-refractivity contribution in [3.05, 3.63) is 70.2 Å². The molecule has 0 heterocycles. The van der Waals surface area contributed by atoms with E-state index < -0.39 is 11.9 Å². The number of unbranched alkanes of at least 4 members (excludes halogenated alkanes) is 6. The lowest BCUT2D eigenvalue weighted by molar-refractivity contribution is -0.160. The highest BCUT2D eigenvalue weighted by Gasteiger charge is 2.23. The molecule has 2 aromatic carbocycles. The van der Waals surface area contributed by atoms with E-state index in [0.29, 0.717) is 24.5 Å². The molecule has 0 saturated carbocycles. The predicted octanol–water partition coefficient (Wildman–Crippen LogP) is 6.58. The highest BCUT2D eigenvalue weighted by molar-refractivity contribution is 6.32. The standard InChI is InChI=1S/C29H36ClNO3/c1-3-5-6-7-8-9-10-11-13-24-16-18-26(19-17-24)23-31(28(32)29(33)34-4-2)21-20-25-14-12-15-27(30)22-25/h12,14-19,22H,3-10,20-21,23H2,1-2H3. The van der Waals surface area contributed by atoms with Crippen LogP contribution in [0.3, 0.4) is 0 Å². The van der Waals surface area contributed by atoms with Crippen molar-refractivity contribution >= 4 is 23.5 Å². The fourth-order valence-corrected chi connectivity index (χ4v) is 3.82. The van der Waals surface area contributed by atoms with Gasteiger partial charge in [-0.05, 0) is 55.2 Å². The van der Waals surface area contributed by atoms with Gasteiger partial charge in [0.15, 0.2) is 0 Å². The molecule has 2 aromatic rings. The number of hydrogen-bond donors (Lipinski definition) is 0. The molecule has 0 saturated heterocycles. The Morgan fingerprint density at radius 3 is 2.38 bits per heavy atom. The second-order valence-corrected chi connectivity index (χ2v) is 8.78. The summed E-state index contributed by atoms with van der Waals surface area (Å²) in [6.07, 6.45) is 9.10. The molecule has 34 heavy (non-hydrogen) atoms. The molecule has 0 atom stereocenters. The van der Waals surface area contributed by atoms with E-state index in [-0.39, 0.29) is 6.61 Å². The Kier molecular flexibility index (Phi) is 12.9. The van der Waals surface area contributed by atoms with Gasteiger partial charge in [0.25, 0.3) is 0 Å². The van der Waals surface area contributed by atoms with Gasteiger partial charge >= 0.3 is 11.9 Å². The van der Waals surface area contributed by atoms with Crippen molar-refractivity contribution in [2.75, 3.05) is 13.2 Å². The van der Waals surface area contributed by atoms with Crippen molar-refractivity contribution in [1.82, 2.24) is 4.90 Å². The van der Waals surface area contributed by atoms with Crippen LogP contribution in [-0.4, -0.2) is 29.9 Å². The van der Waals surface area contributed by atoms with E-state index in [1.807, 2.05) is 48.5 Å². The van der Waals surface area contributed by atoms with E-state index in [4.69, 9.17) is 16.3 Å². The molecule has 0 fully saturated rings. The summed E-state index contributed by atoms with van der Waals surface area (Å²) < 4.78 is 4.93. The first-order valence-electron chi connectivity index (χ1n) is 12.3. The molecule has 0 spiro atoms. The van der Waals surface area contributed by atoms with Crippen LogP contribution >= 0.6 is 11.6 Å². The summed E-state index contributed by atoms with van der Waals surface area (Å²) in [5.41, 5.74) is 2.90. The van der Waals surface area contributed by atoms with Gasteiger partial charge in [0.05, 0.1) is 6.61 Å². The number of carbonyl (C=O) groups is 2. The molecule has 0 aliphatic rings. The minimum absolute atomic E-state index is 0.165. The van der Waals surface area contributed by atoms with E-state index in [9.17, 15) is 9.59 Å². The van der Waals surface area contributed by atoms with Crippen LogP contribution in [0, 0.1) is 11.8 Å². The van der Waals surface area contributed by atoms with Crippen molar-refractivity contribution < 1.29 is 14.3 Å². The average molecular weight is 482 g/mol. The second kappa shape index (κ2) is 16.0. The number of nitrogens with zero attached hydrogens (tertiary/aromatic N) is 1. The van der Waals surface area contributed by atoms with Crippen molar-refractivity contribution in [2.24, 2.45) is 0 Å². The Bertz CT molecular complexity index is 959. The van der Waals surface area contributed by atoms with Gasteiger partial charge in [0.1, 0.15) is 0 Å². The Morgan fingerprint density at radius 2 is 1.68 bits per heavy atom. The third-order valence-electron chi connectivity index (χ3n) is 5.51. The summed E-state index contributed by atoms with van der Waals surface area (Å²) in [5, 5.41) is 0.647. The smallest absolute Gasteiger partial charge is 0.397 e. The van der Waals surface area contributed by atoms with Gasteiger partial charge in [0.2, 0.25) is 0 Å². The third-order valence-corrected chi connectivity index (χ3v) is 5.75. The molecule has 0 aromatic heterocycles. The van der Waals surface area contributed by atoms with Gasteiger partial charge in [0, 0.05) is 30.1 Å². The lowest BCUT2D eigenvalue weighted by Gasteiger charge is -2.22. The molecule has 5 heteroatoms. The summed E-state index contributed by atoms with van der Waals surface area (Å²) in [6, 6.07) is 15.4. The zero-order chi connectivity index (χ0) is 24.6. The minimum Gasteiger partial charge on any atom is -0.459 e. The number of ether oxygens (including phenoxy) is 1. The number of hydrogen-bond acceptors (Lipinski definition) is 3. The summed E-state index contributed by atoms with van der Waals surface area (Å²) >= 11 is 6.07. The van der Waals surface area contributed by atoms with E-state index in [1.54, 1.807) is 6.92 Å². The van der Waals surface area contributed by atoms with Crippen molar-refractivity contribution in [1.29, 1.82) is 0 Å². The number of halogens is 1. The Labute approximate surface area is 209 Å². The number of rotatable bonds is 12. The Hall–Kier alpha value is -2.77. The van der Waals surface area contributed by atoms with Gasteiger partial charge in [-0.2, -0.15) is 0 Å². The quantitative estimate of drug-likeness (QED) is 0.149. The Balaban J connectivity index is 1.94. The van der Waals surface area contributed by atoms with Crippen LogP contribution in [-0.2, 0) is 27.3 Å². The number of carbonyl (C=O) groups excluding carboxylic acids is 2. The maximum atomic E-state index is 12.7. The first-order chi connectivity index (χ1) is 16.5. The molecular weight excluding hydrogens is 446 g/mol. The first-order valence-corrected chi connectivity index (χ1v) is 12.7. The van der Waals surface area contributed by atoms with Crippen LogP contribution in [0.2, 0.25) is 5.02 Å². The zero-order valence-electron chi connectivity index (χ0n) is 20.4. The van der Waals surface area contributed by atoms with Crippen LogP contribution in [0.15, 0.2) is 48.5 Å². The fraction of sp³-hybridized carbons (Fsp3) is 0.448. The average Bonchev–Trinajstić information content (AvgIpc) is 2.84. The van der Waals surface area contributed by atoms with Crippen molar-refractivity contribution in [2.45, 2.75) is 71.8 Å². The summed E-state index contributed by atoms with van der Waals surface area (Å²) in [5.74, 6) is 5.02. The summed E-state index contributed by atoms with van der Waals surface area (Å²) in [7, 11) is 0. The van der Waals surface area contributed by atoms with Crippen LogP contribution in [0.25, 0.3) is 0 Å². The van der Waals surface area contributed by atoms with E-state index >= 15 is 0 Å². The first kappa shape index (κ1) is 27.5. The minimum atomic E-state index is -0.828. The maximum Gasteiger partial charge on any atom is 0.397 e. The molecule has 2 rings (SSSR count). The monoisotopic (exact) mass is 481 g/mol. The fourth-order valence-electron chi connectivity index (χ4n) is 3.60. The van der Waals surface area contributed by atoms with Gasteiger partial charge in [-0.15, -0.1) is 0 Å². The van der Waals surface area contributed by atoms with Gasteiger partial charge in [-0.25, -0.2) is 4.79 Å². The molecule has 0 N–H and O–H groups in total. The molecule has 0 radical (unpaired) electrons. The van der Waals surface area contributed by atoms with Crippen LogP contribution in [0.4, 0.5) is 0 Å². The number of benzene rings is 2. The van der Waals surface area contributed by atoms with Gasteiger partial charge in [-0.3, -0.25) is 4.79 Å². The van der Waals surface area contributed by atoms with Crippen LogP contribution in [0.1, 0.15) is 75.5 Å². The second-order valence-electron chi connectivity index (χ2n) is 8.34. The third kappa shape index (κ3) is 10.4. The van der Waals surface area contributed by atoms with Crippen molar-refractivity contribution in [3.8, 4) is 11.8 Å². The molecule has 1 amide bonds. The summed E-state index contributed by atoms with van der Waals surface area (Å²) in [6.45, 7) is 4.79. The lowest BCUT2D eigenvalue weighted by Crippen LogP contribution is -2.38. The maximum absolute atomic E-state index is 12.7. The number of amides is 1. The van der Waals surface area contributed by atoms with Crippen LogP contribution < -0.4 is 0 Å². The molecule has 4 nitrogen and oxygen atoms in total. The van der Waals surface area contributed by atoms with E-state index in [1.165, 1.54) is 37.0 Å². The van der Waals surface area contributed by atoms with Crippen LogP contribution in [0.5, 0.6) is 0 Å². The molecule has 182 valence electrons. The summed E-state index contributed by atoms with van der Waals surface area (Å²) in [4.78, 5) is 26.3. The van der Waals surface area contributed by atoms with Gasteiger partial charge in [-0.1, -0.05) is 86.7 Å².